The number of nitrogens with one attached hydrogen (secondary N) is 4. The maximum Gasteiger partial charge on any atom is 0.313 e. The van der Waals surface area contributed by atoms with Crippen molar-refractivity contribution in [3.8, 4) is 35.1 Å². The minimum Gasteiger partial charge on any atom is -0.450 e. The molecule has 32 nitrogen and oxygen atoms in total. The summed E-state index contributed by atoms with van der Waals surface area (Å²) in [6, 6.07) is 6.79. The van der Waals surface area contributed by atoms with E-state index < -0.39 is 172 Å². The molecule has 10 N–H and O–H groups in total. The summed E-state index contributed by atoms with van der Waals surface area (Å²) in [4.78, 5) is 20.0. The van der Waals surface area contributed by atoms with Crippen LogP contribution in [0.5, 0.6) is 11.5 Å². The van der Waals surface area contributed by atoms with Crippen LogP contribution in [0.2, 0.25) is 10.0 Å². The van der Waals surface area contributed by atoms with Crippen LogP contribution in [0.1, 0.15) is 11.1 Å². The Morgan fingerprint density at radius 1 is 0.597 bits per heavy atom. The molecular weight excluding hydrogens is 1140 g/mol. The average molecular weight is 1160 g/mol. The van der Waals surface area contributed by atoms with E-state index in [4.69, 9.17) is 32.4 Å². The second kappa shape index (κ2) is 18.7. The molecule has 380 valence electrons. The maximum absolute atomic E-state index is 12.9. The Labute approximate surface area is 412 Å². The lowest BCUT2D eigenvalue weighted by atomic mass is 10.1. The van der Waals surface area contributed by atoms with E-state index in [2.05, 4.69) is 51.2 Å². The van der Waals surface area contributed by atoms with Crippen molar-refractivity contribution in [1.82, 2.24) is 24.9 Å². The van der Waals surface area contributed by atoms with Gasteiger partial charge in [-0.3, -0.25) is 32.3 Å². The van der Waals surface area contributed by atoms with E-state index in [9.17, 15) is 88.3 Å². The fourth-order valence-electron chi connectivity index (χ4n) is 6.41. The van der Waals surface area contributed by atoms with Crippen molar-refractivity contribution in [3.63, 3.8) is 0 Å². The van der Waals surface area contributed by atoms with Crippen molar-refractivity contribution in [3.05, 3.63) is 50.8 Å². The molecule has 0 unspecified atom stereocenters. The van der Waals surface area contributed by atoms with Gasteiger partial charge in [-0.05, 0) is 24.3 Å². The normalized spacial score (nSPS) is 13.3. The molecule has 0 bridgehead atoms. The van der Waals surface area contributed by atoms with Crippen LogP contribution in [-0.4, -0.2) is 129 Å². The van der Waals surface area contributed by atoms with Gasteiger partial charge in [-0.15, -0.1) is 0 Å². The topological polar surface area (TPSA) is 521 Å². The Kier molecular flexibility index (Phi) is 13.8. The Morgan fingerprint density at radius 3 is 1.56 bits per heavy atom. The molecule has 72 heavy (non-hydrogen) atoms. The standard InChI is InChI=1S/C32H22Cl2N12O20S6/c33-17-19-23(65-21-13(41-19)1-3-15(25(21)67(47,48)49)37-5-7-39-31-43-27(69(53,54)55)11(9-35)28(44-31)70(56,57)58)18(34)20-24(17)66-22-14(42-20)2-4-16(26(22)68(50,51)52)38-6-8-40-32-45-29(71(59,60)61)12(10-36)30(46-32)72(62,63)64/h1-4,37,41H,5-8H2,(H,39,43,44)(H,40,45,46)(H,47,48,49)(H,50,51,52)(H,53,54,55)(H,56,57,58)(H,59,60,61)(H,62,63,64). The number of rotatable bonds is 15. The minimum atomic E-state index is -5.36. The average Bonchev–Trinajstić information content (AvgIpc) is 3.27. The van der Waals surface area contributed by atoms with E-state index in [0.29, 0.717) is 0 Å². The lowest BCUT2D eigenvalue weighted by Crippen LogP contribution is -2.20. The summed E-state index contributed by atoms with van der Waals surface area (Å²) in [6.45, 7) is -1.78. The van der Waals surface area contributed by atoms with Gasteiger partial charge in [-0.25, -0.2) is 4.98 Å². The van der Waals surface area contributed by atoms with Crippen molar-refractivity contribution in [2.75, 3.05) is 47.4 Å². The van der Waals surface area contributed by atoms with Crippen LogP contribution in [0.3, 0.4) is 0 Å². The predicted octanol–water partition coefficient (Wildman–Crippen LogP) is 1.43. The van der Waals surface area contributed by atoms with Gasteiger partial charge in [-0.1, -0.05) is 23.2 Å². The first kappa shape index (κ1) is 53.0. The minimum absolute atomic E-state index is 0.200. The molecule has 2 aromatic heterocycles. The Morgan fingerprint density at radius 2 is 1.08 bits per heavy atom. The molecule has 0 fully saturated rings. The van der Waals surface area contributed by atoms with E-state index in [1.165, 1.54) is 6.07 Å². The number of anilines is 5. The summed E-state index contributed by atoms with van der Waals surface area (Å²) < 4.78 is 217. The SMILES string of the molecule is N#Cc1c(S(=O)(=O)O)nc(NCCN=c2ccc3nc4c(Cl)c5c(c(Cl)c4oc-3c2S(=O)(=O)O)Nc2ccc(NCCNc3nc(S(=O)(=O)O)c(C#N)c(S(=O)(=O)O)n3)c(S(=O)(=O)O)c2O5)nc1S(=O)(=O)O. The highest BCUT2D eigenvalue weighted by Crippen LogP contribution is 2.55. The first-order valence-corrected chi connectivity index (χ1v) is 27.8. The molecular formula is C32H22Cl2N12O20S6. The molecule has 0 saturated carbocycles. The zero-order valence-electron chi connectivity index (χ0n) is 34.3. The van der Waals surface area contributed by atoms with Gasteiger partial charge >= 0.3 is 50.6 Å². The third-order valence-corrected chi connectivity index (χ3v) is 14.8. The van der Waals surface area contributed by atoms with Gasteiger partial charge < -0.3 is 30.4 Å². The number of ether oxygens (including phenoxy) is 1. The number of hydrogen-bond donors (Lipinski definition) is 10. The molecule has 3 aliphatic rings. The fourth-order valence-corrected chi connectivity index (χ4v) is 11.0. The van der Waals surface area contributed by atoms with Crippen LogP contribution in [0.25, 0.3) is 22.6 Å². The van der Waals surface area contributed by atoms with Crippen LogP contribution in [0.15, 0.2) is 63.6 Å². The monoisotopic (exact) mass is 1160 g/mol. The molecule has 0 saturated heterocycles. The van der Waals surface area contributed by atoms with Gasteiger partial charge in [0.05, 0.1) is 23.3 Å². The van der Waals surface area contributed by atoms with Crippen molar-refractivity contribution in [2.24, 2.45) is 4.99 Å². The first-order valence-electron chi connectivity index (χ1n) is 18.4. The smallest absolute Gasteiger partial charge is 0.313 e. The van der Waals surface area contributed by atoms with Crippen LogP contribution >= 0.6 is 23.2 Å². The molecule has 4 heterocycles. The second-order valence-electron chi connectivity index (χ2n) is 13.8. The Hall–Kier alpha value is -6.76. The highest BCUT2D eigenvalue weighted by molar-refractivity contribution is 7.87. The Bertz CT molecular complexity index is 4100. The number of hydrogen-bond acceptors (Lipinski definition) is 26. The van der Waals surface area contributed by atoms with Gasteiger partial charge in [0.25, 0.3) is 10.1 Å². The van der Waals surface area contributed by atoms with Crippen molar-refractivity contribution in [1.29, 1.82) is 10.5 Å². The van der Waals surface area contributed by atoms with E-state index >= 15 is 0 Å². The van der Waals surface area contributed by atoms with E-state index in [-0.39, 0.29) is 34.8 Å². The lowest BCUT2D eigenvalue weighted by molar-refractivity contribution is 0.449. The molecule has 0 amide bonds. The van der Waals surface area contributed by atoms with E-state index in [1.54, 1.807) is 0 Å². The summed E-state index contributed by atoms with van der Waals surface area (Å²) >= 11 is 13.4. The number of benzene rings is 3. The second-order valence-corrected chi connectivity index (χ2v) is 22.7. The number of nitriles is 2. The number of halogens is 2. The molecule has 2 aliphatic heterocycles. The molecule has 7 rings (SSSR count). The Balaban J connectivity index is 1.20. The molecule has 4 aromatic rings. The van der Waals surface area contributed by atoms with E-state index in [1.807, 2.05) is 0 Å². The fraction of sp³-hybridized carbons (Fsp3) is 0.125. The highest BCUT2D eigenvalue weighted by Gasteiger charge is 2.36. The van der Waals surface area contributed by atoms with Gasteiger partial charge in [-0.2, -0.15) is 81.0 Å². The lowest BCUT2D eigenvalue weighted by Gasteiger charge is -2.27. The number of fused-ring (bicyclic) bond motifs is 4. The summed E-state index contributed by atoms with van der Waals surface area (Å²) in [5, 5.41) is 21.3. The third-order valence-electron chi connectivity index (χ3n) is 9.15. The first-order chi connectivity index (χ1) is 33.2. The van der Waals surface area contributed by atoms with Gasteiger partial charge in [0.1, 0.15) is 50.2 Å². The van der Waals surface area contributed by atoms with Gasteiger partial charge in [0.15, 0.2) is 32.6 Å². The van der Waals surface area contributed by atoms with Crippen LogP contribution < -0.4 is 31.4 Å². The van der Waals surface area contributed by atoms with Crippen molar-refractivity contribution in [2.45, 2.75) is 29.9 Å². The van der Waals surface area contributed by atoms with Gasteiger partial charge in [0.2, 0.25) is 32.0 Å². The van der Waals surface area contributed by atoms with Crippen molar-refractivity contribution >= 4 is 124 Å². The van der Waals surface area contributed by atoms with Crippen LogP contribution in [0, 0.1) is 22.7 Å². The summed E-state index contributed by atoms with van der Waals surface area (Å²) in [6.07, 6.45) is 0. The summed E-state index contributed by atoms with van der Waals surface area (Å²) in [7, 11) is -32.0. The summed E-state index contributed by atoms with van der Waals surface area (Å²) in [5.41, 5.74) is -4.55. The molecule has 1 aliphatic carbocycles. The zero-order valence-corrected chi connectivity index (χ0v) is 40.7. The molecule has 0 atom stereocenters. The third kappa shape index (κ3) is 10.4. The summed E-state index contributed by atoms with van der Waals surface area (Å²) in [5.74, 6) is -3.40. The maximum atomic E-state index is 12.9. The zero-order chi connectivity index (χ0) is 53.3. The van der Waals surface area contributed by atoms with Crippen molar-refractivity contribution < 1.29 is 87.0 Å². The van der Waals surface area contributed by atoms with Gasteiger partial charge in [0, 0.05) is 19.6 Å². The number of nitrogens with zero attached hydrogens (tertiary/aromatic N) is 8. The van der Waals surface area contributed by atoms with Crippen LogP contribution in [0.4, 0.5) is 29.0 Å². The van der Waals surface area contributed by atoms with E-state index in [0.717, 1.165) is 30.3 Å². The molecule has 0 radical (unpaired) electrons. The highest BCUT2D eigenvalue weighted by atomic mass is 35.5. The molecule has 40 heteroatoms. The predicted molar refractivity (Wildman–Crippen MR) is 239 cm³/mol. The molecule has 2 aromatic carbocycles. The number of aromatic nitrogens is 5. The largest absolute Gasteiger partial charge is 0.450 e. The quantitative estimate of drug-likeness (QED) is 0.0300. The van der Waals surface area contributed by atoms with Crippen LogP contribution in [-0.2, 0) is 60.7 Å². The molecule has 0 spiro atoms.